The Balaban J connectivity index is 2.70. The standard InChI is InChI=1S/C9H6BrIN2O/c10-7-5-12-9-6(8(7)11)1-2-13(9)3-4-14/h1-2,4-5H,3H2. The molecule has 0 bridgehead atoms. The van der Waals surface area contributed by atoms with Gasteiger partial charge in [-0.2, -0.15) is 0 Å². The molecule has 0 N–H and O–H groups in total. The van der Waals surface area contributed by atoms with Crippen molar-refractivity contribution in [2.45, 2.75) is 6.54 Å². The summed E-state index contributed by atoms with van der Waals surface area (Å²) in [6.07, 6.45) is 4.50. The molecule has 0 aliphatic rings. The van der Waals surface area contributed by atoms with Crippen LogP contribution in [-0.2, 0) is 11.3 Å². The average molecular weight is 365 g/mol. The second-order valence-corrected chi connectivity index (χ2v) is 4.73. The summed E-state index contributed by atoms with van der Waals surface area (Å²) in [4.78, 5) is 14.7. The molecule has 0 saturated heterocycles. The number of hydrogen-bond donors (Lipinski definition) is 0. The van der Waals surface area contributed by atoms with Crippen LogP contribution in [-0.4, -0.2) is 15.8 Å². The lowest BCUT2D eigenvalue weighted by molar-refractivity contribution is -0.108. The Hall–Kier alpha value is -0.430. The van der Waals surface area contributed by atoms with Crippen molar-refractivity contribution in [2.75, 3.05) is 0 Å². The molecule has 2 aromatic rings. The van der Waals surface area contributed by atoms with Gasteiger partial charge in [-0.1, -0.05) is 0 Å². The van der Waals surface area contributed by atoms with Gasteiger partial charge in [-0.15, -0.1) is 0 Å². The molecule has 0 aliphatic heterocycles. The lowest BCUT2D eigenvalue weighted by Gasteiger charge is -2.00. The minimum absolute atomic E-state index is 0.355. The van der Waals surface area contributed by atoms with Crippen molar-refractivity contribution < 1.29 is 4.79 Å². The van der Waals surface area contributed by atoms with E-state index in [2.05, 4.69) is 43.5 Å². The van der Waals surface area contributed by atoms with E-state index in [4.69, 9.17) is 0 Å². The van der Waals surface area contributed by atoms with Gasteiger partial charge in [0.25, 0.3) is 0 Å². The molecule has 72 valence electrons. The van der Waals surface area contributed by atoms with Crippen LogP contribution in [0.1, 0.15) is 0 Å². The number of carbonyl (C=O) groups excluding carboxylic acids is 1. The van der Waals surface area contributed by atoms with Crippen LogP contribution < -0.4 is 0 Å². The maximum atomic E-state index is 10.4. The highest BCUT2D eigenvalue weighted by Crippen LogP contribution is 2.26. The van der Waals surface area contributed by atoms with E-state index in [1.807, 2.05) is 16.8 Å². The first-order chi connectivity index (χ1) is 6.74. The van der Waals surface area contributed by atoms with Gasteiger partial charge in [-0.05, 0) is 44.6 Å². The number of pyridine rings is 1. The van der Waals surface area contributed by atoms with Crippen LogP contribution in [0.15, 0.2) is 22.9 Å². The Labute approximate surface area is 103 Å². The molecule has 0 spiro atoms. The molecule has 0 radical (unpaired) electrons. The van der Waals surface area contributed by atoms with Crippen LogP contribution in [0.25, 0.3) is 11.0 Å². The van der Waals surface area contributed by atoms with Gasteiger partial charge in [0.05, 0.1) is 6.54 Å². The smallest absolute Gasteiger partial charge is 0.141 e. The van der Waals surface area contributed by atoms with Crippen LogP contribution in [0.2, 0.25) is 0 Å². The molecular formula is C9H6BrIN2O. The fourth-order valence-electron chi connectivity index (χ4n) is 1.31. The maximum Gasteiger partial charge on any atom is 0.141 e. The summed E-state index contributed by atoms with van der Waals surface area (Å²) in [5, 5.41) is 1.07. The van der Waals surface area contributed by atoms with Crippen LogP contribution in [0, 0.1) is 3.57 Å². The monoisotopic (exact) mass is 364 g/mol. The third-order valence-corrected chi connectivity index (χ3v) is 4.46. The summed E-state index contributed by atoms with van der Waals surface area (Å²) in [6, 6.07) is 1.97. The van der Waals surface area contributed by atoms with E-state index in [1.54, 1.807) is 6.20 Å². The molecule has 0 saturated carbocycles. The molecule has 0 atom stereocenters. The van der Waals surface area contributed by atoms with E-state index in [-0.39, 0.29) is 0 Å². The second kappa shape index (κ2) is 3.98. The Morgan fingerprint density at radius 3 is 3.14 bits per heavy atom. The first-order valence-corrected chi connectivity index (χ1v) is 5.83. The van der Waals surface area contributed by atoms with Crippen molar-refractivity contribution in [3.63, 3.8) is 0 Å². The molecule has 0 unspecified atom stereocenters. The Kier molecular flexibility index (Phi) is 2.87. The van der Waals surface area contributed by atoms with E-state index in [1.165, 1.54) is 0 Å². The quantitative estimate of drug-likeness (QED) is 0.606. The molecular weight excluding hydrogens is 359 g/mol. The average Bonchev–Trinajstić information content (AvgIpc) is 2.57. The molecule has 0 amide bonds. The van der Waals surface area contributed by atoms with E-state index in [9.17, 15) is 4.79 Å². The molecule has 0 fully saturated rings. The normalized spacial score (nSPS) is 10.7. The molecule has 0 aliphatic carbocycles. The summed E-state index contributed by atoms with van der Waals surface area (Å²) in [5.74, 6) is 0. The number of fused-ring (bicyclic) bond motifs is 1. The van der Waals surface area contributed by atoms with Crippen molar-refractivity contribution in [3.8, 4) is 0 Å². The zero-order chi connectivity index (χ0) is 10.1. The van der Waals surface area contributed by atoms with Crippen molar-refractivity contribution in [1.82, 2.24) is 9.55 Å². The molecule has 5 heteroatoms. The largest absolute Gasteiger partial charge is 0.325 e. The first-order valence-electron chi connectivity index (χ1n) is 3.96. The first kappa shape index (κ1) is 10.1. The fourth-order valence-corrected chi connectivity index (χ4v) is 2.19. The predicted octanol–water partition coefficient (Wildman–Crippen LogP) is 2.60. The van der Waals surface area contributed by atoms with Gasteiger partial charge in [0.15, 0.2) is 0 Å². The second-order valence-electron chi connectivity index (χ2n) is 2.79. The van der Waals surface area contributed by atoms with E-state index < -0.39 is 0 Å². The van der Waals surface area contributed by atoms with Gasteiger partial charge in [0.1, 0.15) is 11.9 Å². The number of aromatic nitrogens is 2. The molecule has 14 heavy (non-hydrogen) atoms. The highest BCUT2D eigenvalue weighted by atomic mass is 127. The highest BCUT2D eigenvalue weighted by Gasteiger charge is 2.07. The lowest BCUT2D eigenvalue weighted by atomic mass is 10.3. The number of halogens is 2. The molecule has 3 nitrogen and oxygen atoms in total. The van der Waals surface area contributed by atoms with E-state index in [0.717, 1.165) is 25.4 Å². The molecule has 2 aromatic heterocycles. The summed E-state index contributed by atoms with van der Waals surface area (Å²) in [6.45, 7) is 0.355. The van der Waals surface area contributed by atoms with Gasteiger partial charge in [0.2, 0.25) is 0 Å². The number of rotatable bonds is 2. The number of nitrogens with zero attached hydrogens (tertiary/aromatic N) is 2. The van der Waals surface area contributed by atoms with Crippen LogP contribution >= 0.6 is 38.5 Å². The molecule has 2 heterocycles. The van der Waals surface area contributed by atoms with Gasteiger partial charge >= 0.3 is 0 Å². The van der Waals surface area contributed by atoms with Crippen LogP contribution in [0.3, 0.4) is 0 Å². The van der Waals surface area contributed by atoms with E-state index >= 15 is 0 Å². The van der Waals surface area contributed by atoms with Crippen molar-refractivity contribution in [2.24, 2.45) is 0 Å². The van der Waals surface area contributed by atoms with Crippen LogP contribution in [0.5, 0.6) is 0 Å². The Bertz CT molecular complexity index is 495. The van der Waals surface area contributed by atoms with Gasteiger partial charge in [0, 0.05) is 25.8 Å². The number of carbonyl (C=O) groups is 1. The van der Waals surface area contributed by atoms with Crippen molar-refractivity contribution >= 4 is 55.8 Å². The van der Waals surface area contributed by atoms with Gasteiger partial charge in [-0.25, -0.2) is 4.98 Å². The molecule has 2 rings (SSSR count). The lowest BCUT2D eigenvalue weighted by Crippen LogP contribution is -1.98. The van der Waals surface area contributed by atoms with Crippen LogP contribution in [0.4, 0.5) is 0 Å². The zero-order valence-corrected chi connectivity index (χ0v) is 10.8. The predicted molar refractivity (Wildman–Crippen MR) is 66.2 cm³/mol. The summed E-state index contributed by atoms with van der Waals surface area (Å²) < 4.78 is 3.93. The summed E-state index contributed by atoms with van der Waals surface area (Å²) in [7, 11) is 0. The Morgan fingerprint density at radius 1 is 1.64 bits per heavy atom. The fraction of sp³-hybridized carbons (Fsp3) is 0.111. The third-order valence-electron chi connectivity index (χ3n) is 1.95. The highest BCUT2D eigenvalue weighted by molar-refractivity contribution is 14.1. The van der Waals surface area contributed by atoms with Crippen molar-refractivity contribution in [3.05, 3.63) is 26.5 Å². The Morgan fingerprint density at radius 2 is 2.43 bits per heavy atom. The maximum absolute atomic E-state index is 10.4. The topological polar surface area (TPSA) is 34.9 Å². The summed E-state index contributed by atoms with van der Waals surface area (Å²) >= 11 is 5.67. The summed E-state index contributed by atoms with van der Waals surface area (Å²) in [5.41, 5.74) is 0.852. The number of aldehydes is 1. The zero-order valence-electron chi connectivity index (χ0n) is 7.08. The number of hydrogen-bond acceptors (Lipinski definition) is 2. The van der Waals surface area contributed by atoms with Gasteiger partial charge < -0.3 is 9.36 Å². The SMILES string of the molecule is O=CCn1ccc2c(I)c(Br)cnc21. The molecule has 0 aromatic carbocycles. The minimum atomic E-state index is 0.355. The third kappa shape index (κ3) is 1.58. The minimum Gasteiger partial charge on any atom is -0.325 e. The van der Waals surface area contributed by atoms with E-state index in [0.29, 0.717) is 6.54 Å². The van der Waals surface area contributed by atoms with Gasteiger partial charge in [-0.3, -0.25) is 0 Å². The van der Waals surface area contributed by atoms with Crippen molar-refractivity contribution in [1.29, 1.82) is 0 Å².